The lowest BCUT2D eigenvalue weighted by Crippen LogP contribution is -2.22. The third-order valence-corrected chi connectivity index (χ3v) is 6.05. The Bertz CT molecular complexity index is 1340. The number of para-hydroxylation sites is 1. The van der Waals surface area contributed by atoms with E-state index in [1.165, 1.54) is 11.3 Å². The quantitative estimate of drug-likeness (QED) is 0.403. The second kappa shape index (κ2) is 9.27. The maximum absolute atomic E-state index is 13.3. The normalized spacial score (nSPS) is 11.8. The van der Waals surface area contributed by atoms with Gasteiger partial charge in [0.1, 0.15) is 5.76 Å². The number of rotatable bonds is 7. The van der Waals surface area contributed by atoms with E-state index in [1.54, 1.807) is 22.6 Å². The minimum absolute atomic E-state index is 0.114. The number of hydrogen-bond acceptors (Lipinski definition) is 6. The van der Waals surface area contributed by atoms with Gasteiger partial charge in [-0.25, -0.2) is 9.67 Å². The minimum Gasteiger partial charge on any atom is -0.467 e. The molecule has 0 fully saturated rings. The van der Waals surface area contributed by atoms with Gasteiger partial charge in [0.15, 0.2) is 10.5 Å². The zero-order chi connectivity index (χ0) is 22.7. The Morgan fingerprint density at radius 3 is 2.66 bits per heavy atom. The number of carbonyl (C=O) groups excluding carboxylic acids is 1. The summed E-state index contributed by atoms with van der Waals surface area (Å²) in [7, 11) is 1.83. The fourth-order valence-electron chi connectivity index (χ4n) is 3.46. The Morgan fingerprint density at radius 1 is 1.19 bits per heavy atom. The van der Waals surface area contributed by atoms with Gasteiger partial charge in [-0.05, 0) is 38.1 Å². The number of esters is 1. The molecule has 8 nitrogen and oxygen atoms in total. The summed E-state index contributed by atoms with van der Waals surface area (Å²) in [6.07, 6.45) is 1.71. The largest absolute Gasteiger partial charge is 0.467 e. The molecule has 0 unspecified atom stereocenters. The molecular weight excluding hydrogens is 428 g/mol. The first-order valence-electron chi connectivity index (χ1n) is 10.2. The predicted octanol–water partition coefficient (Wildman–Crippen LogP) is 3.33. The van der Waals surface area contributed by atoms with Crippen molar-refractivity contribution >= 4 is 23.0 Å². The van der Waals surface area contributed by atoms with E-state index in [0.29, 0.717) is 23.6 Å². The van der Waals surface area contributed by atoms with E-state index in [2.05, 4.69) is 0 Å². The molecule has 4 rings (SSSR count). The molecule has 0 spiro atoms. The molecule has 166 valence electrons. The molecule has 0 saturated heterocycles. The number of furan rings is 1. The standard InChI is InChI=1S/C23H24N4O4S/c1-4-30-20(28)13-18-15-32-23(26(18)14-19-11-8-12-31-19)24-21-16(2)25(3)27(22(21)29)17-9-6-5-7-10-17/h5-12,15H,4,13-14H2,1-3H3. The van der Waals surface area contributed by atoms with Crippen LogP contribution in [0.4, 0.5) is 5.69 Å². The third kappa shape index (κ3) is 4.24. The first-order chi connectivity index (χ1) is 15.5. The molecule has 1 aromatic carbocycles. The summed E-state index contributed by atoms with van der Waals surface area (Å²) in [4.78, 5) is 30.7. The highest BCUT2D eigenvalue weighted by atomic mass is 32.1. The number of thiazole rings is 1. The average molecular weight is 453 g/mol. The Labute approximate surface area is 188 Å². The lowest BCUT2D eigenvalue weighted by atomic mass is 10.3. The molecule has 0 aliphatic rings. The molecule has 3 aromatic heterocycles. The summed E-state index contributed by atoms with van der Waals surface area (Å²) < 4.78 is 15.9. The third-order valence-electron chi connectivity index (χ3n) is 5.13. The summed E-state index contributed by atoms with van der Waals surface area (Å²) in [5.41, 5.74) is 2.40. The van der Waals surface area contributed by atoms with Crippen molar-refractivity contribution < 1.29 is 13.9 Å². The highest BCUT2D eigenvalue weighted by Gasteiger charge is 2.17. The van der Waals surface area contributed by atoms with Gasteiger partial charge in [-0.1, -0.05) is 18.2 Å². The monoisotopic (exact) mass is 452 g/mol. The summed E-state index contributed by atoms with van der Waals surface area (Å²) in [5, 5.41) is 1.87. The van der Waals surface area contributed by atoms with Crippen LogP contribution in [-0.4, -0.2) is 26.5 Å². The topological polar surface area (TPSA) is 83.7 Å². The number of nitrogens with zero attached hydrogens (tertiary/aromatic N) is 4. The van der Waals surface area contributed by atoms with Crippen molar-refractivity contribution in [3.63, 3.8) is 0 Å². The number of hydrogen-bond donors (Lipinski definition) is 0. The van der Waals surface area contributed by atoms with Gasteiger partial charge in [0.25, 0.3) is 5.56 Å². The number of carbonyl (C=O) groups is 1. The van der Waals surface area contributed by atoms with Gasteiger partial charge in [0.2, 0.25) is 0 Å². The van der Waals surface area contributed by atoms with Crippen LogP contribution in [0.25, 0.3) is 5.69 Å². The van der Waals surface area contributed by atoms with Gasteiger partial charge in [0.05, 0.1) is 37.2 Å². The molecule has 0 aliphatic carbocycles. The SMILES string of the molecule is CCOC(=O)Cc1csc(=Nc2c(C)n(C)n(-c3ccccc3)c2=O)n1Cc1ccco1. The van der Waals surface area contributed by atoms with Crippen LogP contribution in [0.3, 0.4) is 0 Å². The predicted molar refractivity (Wildman–Crippen MR) is 121 cm³/mol. The Balaban J connectivity index is 1.83. The van der Waals surface area contributed by atoms with E-state index >= 15 is 0 Å². The van der Waals surface area contributed by atoms with Gasteiger partial charge >= 0.3 is 5.97 Å². The van der Waals surface area contributed by atoms with Crippen molar-refractivity contribution in [1.29, 1.82) is 0 Å². The van der Waals surface area contributed by atoms with Crippen LogP contribution in [0, 0.1) is 6.92 Å². The number of benzene rings is 1. The van der Waals surface area contributed by atoms with Crippen molar-refractivity contribution in [2.24, 2.45) is 12.0 Å². The van der Waals surface area contributed by atoms with E-state index in [0.717, 1.165) is 22.8 Å². The van der Waals surface area contributed by atoms with Crippen molar-refractivity contribution in [1.82, 2.24) is 13.9 Å². The number of aromatic nitrogens is 3. The van der Waals surface area contributed by atoms with Gasteiger partial charge in [-0.3, -0.25) is 14.3 Å². The molecule has 0 radical (unpaired) electrons. The first-order valence-corrected chi connectivity index (χ1v) is 11.1. The lowest BCUT2D eigenvalue weighted by molar-refractivity contribution is -0.142. The first kappa shape index (κ1) is 21.6. The van der Waals surface area contributed by atoms with Gasteiger partial charge < -0.3 is 13.7 Å². The molecular formula is C23H24N4O4S. The van der Waals surface area contributed by atoms with Crippen LogP contribution >= 0.6 is 11.3 Å². The van der Waals surface area contributed by atoms with Gasteiger partial charge in [-0.15, -0.1) is 11.3 Å². The summed E-state index contributed by atoms with van der Waals surface area (Å²) >= 11 is 1.37. The molecule has 0 amide bonds. The van der Waals surface area contributed by atoms with Crippen molar-refractivity contribution in [3.8, 4) is 5.69 Å². The Hall–Kier alpha value is -3.59. The Morgan fingerprint density at radius 2 is 1.97 bits per heavy atom. The second-order valence-corrected chi connectivity index (χ2v) is 8.02. The van der Waals surface area contributed by atoms with Crippen molar-refractivity contribution in [3.05, 3.63) is 86.4 Å². The minimum atomic E-state index is -0.313. The van der Waals surface area contributed by atoms with E-state index in [9.17, 15) is 9.59 Å². The highest BCUT2D eigenvalue weighted by Crippen LogP contribution is 2.17. The highest BCUT2D eigenvalue weighted by molar-refractivity contribution is 7.07. The van der Waals surface area contributed by atoms with E-state index < -0.39 is 0 Å². The van der Waals surface area contributed by atoms with Gasteiger partial charge in [-0.2, -0.15) is 0 Å². The molecule has 0 N–H and O–H groups in total. The molecule has 0 bridgehead atoms. The average Bonchev–Trinajstić information content (AvgIpc) is 3.47. The van der Waals surface area contributed by atoms with Gasteiger partial charge in [0, 0.05) is 18.1 Å². The van der Waals surface area contributed by atoms with Crippen LogP contribution in [0.15, 0.2) is 68.3 Å². The van der Waals surface area contributed by atoms with Crippen LogP contribution in [-0.2, 0) is 29.5 Å². The summed E-state index contributed by atoms with van der Waals surface area (Å²) in [6, 6.07) is 13.1. The molecule has 0 aliphatic heterocycles. The smallest absolute Gasteiger partial charge is 0.311 e. The van der Waals surface area contributed by atoms with Crippen molar-refractivity contribution in [2.45, 2.75) is 26.8 Å². The second-order valence-electron chi connectivity index (χ2n) is 7.18. The molecule has 3 heterocycles. The zero-order valence-corrected chi connectivity index (χ0v) is 19.0. The molecule has 4 aromatic rings. The maximum atomic E-state index is 13.3. The summed E-state index contributed by atoms with van der Waals surface area (Å²) in [6.45, 7) is 4.35. The van der Waals surface area contributed by atoms with E-state index in [-0.39, 0.29) is 17.9 Å². The summed E-state index contributed by atoms with van der Waals surface area (Å²) in [5.74, 6) is 0.411. The molecule has 0 atom stereocenters. The number of ether oxygens (including phenoxy) is 1. The van der Waals surface area contributed by atoms with E-state index in [4.69, 9.17) is 14.1 Å². The van der Waals surface area contributed by atoms with Crippen molar-refractivity contribution in [2.75, 3.05) is 6.61 Å². The fraction of sp³-hybridized carbons (Fsp3) is 0.261. The zero-order valence-electron chi connectivity index (χ0n) is 18.1. The van der Waals surface area contributed by atoms with Crippen LogP contribution < -0.4 is 10.4 Å². The lowest BCUT2D eigenvalue weighted by Gasteiger charge is -2.07. The van der Waals surface area contributed by atoms with Crippen LogP contribution in [0.1, 0.15) is 24.1 Å². The fourth-order valence-corrected chi connectivity index (χ4v) is 4.37. The van der Waals surface area contributed by atoms with Crippen LogP contribution in [0.5, 0.6) is 0 Å². The molecule has 9 heteroatoms. The maximum Gasteiger partial charge on any atom is 0.311 e. The molecule has 32 heavy (non-hydrogen) atoms. The molecule has 0 saturated carbocycles. The van der Waals surface area contributed by atoms with Crippen LogP contribution in [0.2, 0.25) is 0 Å². The van der Waals surface area contributed by atoms with E-state index in [1.807, 2.05) is 66.4 Å². The Kier molecular flexibility index (Phi) is 6.27.